The first-order valence-electron chi connectivity index (χ1n) is 12.5. The molecule has 190 valence electrons. The highest BCUT2D eigenvalue weighted by Crippen LogP contribution is 2.44. The first kappa shape index (κ1) is 25.0. The summed E-state index contributed by atoms with van der Waals surface area (Å²) in [5.74, 6) is 1.08. The molecule has 0 aromatic heterocycles. The summed E-state index contributed by atoms with van der Waals surface area (Å²) in [4.78, 5) is 33.5. The Hall–Kier alpha value is -2.64. The summed E-state index contributed by atoms with van der Waals surface area (Å²) < 4.78 is 5.26. The minimum absolute atomic E-state index is 0.0161. The third-order valence-electron chi connectivity index (χ3n) is 7.63. The second-order valence-electron chi connectivity index (χ2n) is 9.69. The number of nitrogens with zero attached hydrogens (tertiary/aromatic N) is 3. The fraction of sp³-hybridized carbons (Fsp3) is 0.429. The number of benzene rings is 2. The standard InChI is InChI=1S/C28H32ClN3O3S/c1-30-24-17-20(7-12-25(24)36-26(28(30)34)18-19-5-3-4-6-23(19)29)27(33)32-15-13-31(14-16-32)21-8-10-22(35-2)11-9-21/h3-6,8-11,18,20,24-25H,7,12-17H2,1-2H3/b26-18-. The van der Waals surface area contributed by atoms with Gasteiger partial charge in [0.05, 0.1) is 12.0 Å². The molecule has 0 N–H and O–H groups in total. The van der Waals surface area contributed by atoms with E-state index in [0.717, 1.165) is 67.3 Å². The van der Waals surface area contributed by atoms with Crippen LogP contribution in [-0.4, -0.2) is 73.2 Å². The van der Waals surface area contributed by atoms with Crippen molar-refractivity contribution in [2.24, 2.45) is 5.92 Å². The van der Waals surface area contributed by atoms with Crippen LogP contribution in [0, 0.1) is 5.92 Å². The Kier molecular flexibility index (Phi) is 7.49. The highest BCUT2D eigenvalue weighted by Gasteiger charge is 2.43. The monoisotopic (exact) mass is 525 g/mol. The number of rotatable bonds is 4. The number of hydrogen-bond acceptors (Lipinski definition) is 5. The van der Waals surface area contributed by atoms with Crippen LogP contribution in [0.4, 0.5) is 5.69 Å². The number of thioether (sulfide) groups is 1. The molecule has 1 saturated carbocycles. The molecule has 8 heteroatoms. The van der Waals surface area contributed by atoms with Gasteiger partial charge in [-0.05, 0) is 61.2 Å². The summed E-state index contributed by atoms with van der Waals surface area (Å²) in [6.45, 7) is 3.09. The average Bonchev–Trinajstić information content (AvgIpc) is 2.92. The van der Waals surface area contributed by atoms with Gasteiger partial charge in [0.2, 0.25) is 5.91 Å². The van der Waals surface area contributed by atoms with Crippen LogP contribution >= 0.6 is 23.4 Å². The third kappa shape index (κ3) is 5.09. The number of likely N-dealkylation sites (N-methyl/N-ethyl adjacent to an activating group) is 1. The molecule has 2 amide bonds. The van der Waals surface area contributed by atoms with Gasteiger partial charge in [0.25, 0.3) is 5.91 Å². The molecule has 3 atom stereocenters. The number of hydrogen-bond donors (Lipinski definition) is 0. The first-order valence-corrected chi connectivity index (χ1v) is 13.8. The zero-order valence-electron chi connectivity index (χ0n) is 20.7. The van der Waals surface area contributed by atoms with Crippen molar-refractivity contribution in [2.45, 2.75) is 30.6 Å². The first-order chi connectivity index (χ1) is 17.4. The van der Waals surface area contributed by atoms with E-state index in [2.05, 4.69) is 17.0 Å². The minimum atomic E-state index is -0.0243. The maximum absolute atomic E-state index is 13.4. The Balaban J connectivity index is 1.19. The van der Waals surface area contributed by atoms with Crippen LogP contribution in [0.5, 0.6) is 5.75 Å². The molecule has 3 fully saturated rings. The second kappa shape index (κ2) is 10.8. The van der Waals surface area contributed by atoms with E-state index in [1.54, 1.807) is 18.9 Å². The Bertz CT molecular complexity index is 1150. The van der Waals surface area contributed by atoms with Gasteiger partial charge in [0.15, 0.2) is 0 Å². The highest BCUT2D eigenvalue weighted by molar-refractivity contribution is 8.04. The molecule has 1 aliphatic carbocycles. The van der Waals surface area contributed by atoms with Crippen LogP contribution in [0.2, 0.25) is 5.02 Å². The summed E-state index contributed by atoms with van der Waals surface area (Å²) in [6.07, 6.45) is 4.43. The van der Waals surface area contributed by atoms with Crippen molar-refractivity contribution in [1.29, 1.82) is 0 Å². The molecule has 2 aliphatic heterocycles. The van der Waals surface area contributed by atoms with Crippen LogP contribution in [0.15, 0.2) is 53.4 Å². The van der Waals surface area contributed by atoms with Crippen molar-refractivity contribution in [2.75, 3.05) is 45.2 Å². The van der Waals surface area contributed by atoms with Crippen molar-refractivity contribution in [3.8, 4) is 5.75 Å². The van der Waals surface area contributed by atoms with Crippen LogP contribution in [0.25, 0.3) is 6.08 Å². The molecular weight excluding hydrogens is 494 g/mol. The second-order valence-corrected chi connectivity index (χ2v) is 11.4. The number of halogens is 1. The lowest BCUT2D eigenvalue weighted by Gasteiger charge is -2.45. The van der Waals surface area contributed by atoms with E-state index in [1.807, 2.05) is 59.3 Å². The quantitative estimate of drug-likeness (QED) is 0.538. The van der Waals surface area contributed by atoms with Crippen molar-refractivity contribution in [3.63, 3.8) is 0 Å². The zero-order chi connectivity index (χ0) is 25.2. The Morgan fingerprint density at radius 2 is 1.78 bits per heavy atom. The third-order valence-corrected chi connectivity index (χ3v) is 9.37. The molecule has 6 nitrogen and oxygen atoms in total. The molecule has 3 aliphatic rings. The van der Waals surface area contributed by atoms with E-state index in [9.17, 15) is 9.59 Å². The summed E-state index contributed by atoms with van der Waals surface area (Å²) >= 11 is 7.97. The smallest absolute Gasteiger partial charge is 0.260 e. The van der Waals surface area contributed by atoms with Crippen LogP contribution < -0.4 is 9.64 Å². The average molecular weight is 526 g/mol. The molecule has 3 unspecified atom stereocenters. The van der Waals surface area contributed by atoms with Crippen molar-refractivity contribution in [1.82, 2.24) is 9.80 Å². The Morgan fingerprint density at radius 1 is 1.06 bits per heavy atom. The Labute approximate surface area is 222 Å². The Morgan fingerprint density at radius 3 is 2.47 bits per heavy atom. The summed E-state index contributed by atoms with van der Waals surface area (Å²) in [5, 5.41) is 0.946. The summed E-state index contributed by atoms with van der Waals surface area (Å²) in [7, 11) is 3.55. The molecule has 0 bridgehead atoms. The number of fused-ring (bicyclic) bond motifs is 1. The van der Waals surface area contributed by atoms with E-state index < -0.39 is 0 Å². The fourth-order valence-corrected chi connectivity index (χ4v) is 7.15. The summed E-state index contributed by atoms with van der Waals surface area (Å²) in [6, 6.07) is 15.7. The van der Waals surface area contributed by atoms with Crippen molar-refractivity contribution in [3.05, 3.63) is 64.0 Å². The predicted octanol–water partition coefficient (Wildman–Crippen LogP) is 4.78. The largest absolute Gasteiger partial charge is 0.497 e. The van der Waals surface area contributed by atoms with Gasteiger partial charge in [-0.15, -0.1) is 11.8 Å². The number of carbonyl (C=O) groups is 2. The molecule has 0 radical (unpaired) electrons. The van der Waals surface area contributed by atoms with Gasteiger partial charge in [-0.3, -0.25) is 9.59 Å². The molecule has 2 heterocycles. The lowest BCUT2D eigenvalue weighted by molar-refractivity contribution is -0.139. The van der Waals surface area contributed by atoms with E-state index in [1.165, 1.54) is 0 Å². The van der Waals surface area contributed by atoms with E-state index in [-0.39, 0.29) is 23.8 Å². The highest BCUT2D eigenvalue weighted by atomic mass is 35.5. The number of amides is 2. The molecule has 2 aromatic carbocycles. The lowest BCUT2D eigenvalue weighted by atomic mass is 9.83. The number of piperazine rings is 1. The fourth-order valence-electron chi connectivity index (χ4n) is 5.49. The van der Waals surface area contributed by atoms with Crippen LogP contribution in [0.1, 0.15) is 24.8 Å². The van der Waals surface area contributed by atoms with E-state index >= 15 is 0 Å². The number of anilines is 1. The maximum Gasteiger partial charge on any atom is 0.260 e. The lowest BCUT2D eigenvalue weighted by Crippen LogP contribution is -2.55. The van der Waals surface area contributed by atoms with E-state index in [4.69, 9.17) is 16.3 Å². The van der Waals surface area contributed by atoms with Gasteiger partial charge >= 0.3 is 0 Å². The van der Waals surface area contributed by atoms with Crippen molar-refractivity contribution >= 4 is 46.9 Å². The SMILES string of the molecule is COc1ccc(N2CCN(C(=O)C3CCC4S/C(=C\c5ccccc5Cl)C(=O)N(C)C4C3)CC2)cc1. The molecule has 2 saturated heterocycles. The van der Waals surface area contributed by atoms with Crippen molar-refractivity contribution < 1.29 is 14.3 Å². The van der Waals surface area contributed by atoms with Gasteiger partial charge in [-0.2, -0.15) is 0 Å². The van der Waals surface area contributed by atoms with Gasteiger partial charge < -0.3 is 19.4 Å². The molecular formula is C28H32ClN3O3S. The van der Waals surface area contributed by atoms with Gasteiger partial charge in [0.1, 0.15) is 5.75 Å². The topological polar surface area (TPSA) is 53.1 Å². The normalized spacial score (nSPS) is 25.6. The molecule has 0 spiro atoms. The summed E-state index contributed by atoms with van der Waals surface area (Å²) in [5.41, 5.74) is 2.02. The van der Waals surface area contributed by atoms with Crippen LogP contribution in [0.3, 0.4) is 0 Å². The molecule has 36 heavy (non-hydrogen) atoms. The van der Waals surface area contributed by atoms with Gasteiger partial charge in [-0.1, -0.05) is 29.8 Å². The zero-order valence-corrected chi connectivity index (χ0v) is 22.3. The number of ether oxygens (including phenoxy) is 1. The molecule has 2 aromatic rings. The van der Waals surface area contributed by atoms with Gasteiger partial charge in [0, 0.05) is 61.1 Å². The molecule has 5 rings (SSSR count). The maximum atomic E-state index is 13.4. The number of methoxy groups -OCH3 is 1. The predicted molar refractivity (Wildman–Crippen MR) is 146 cm³/mol. The van der Waals surface area contributed by atoms with Gasteiger partial charge in [-0.25, -0.2) is 0 Å². The minimum Gasteiger partial charge on any atom is -0.497 e. The van der Waals surface area contributed by atoms with E-state index in [0.29, 0.717) is 10.3 Å². The van der Waals surface area contributed by atoms with Crippen LogP contribution in [-0.2, 0) is 9.59 Å². The number of carbonyl (C=O) groups excluding carboxylic acids is 2.